The number of hydrogen-bond donors (Lipinski definition) is 1. The maximum atomic E-state index is 13.5. The highest BCUT2D eigenvalue weighted by Gasteiger charge is 2.19. The summed E-state index contributed by atoms with van der Waals surface area (Å²) in [5, 5.41) is 5.44. The lowest BCUT2D eigenvalue weighted by Crippen LogP contribution is -2.29. The first kappa shape index (κ1) is 28.9. The predicted octanol–water partition coefficient (Wildman–Crippen LogP) is 7.66. The lowest BCUT2D eigenvalue weighted by molar-refractivity contribution is 0.255. The Balaban J connectivity index is 0.00000165. The van der Waals surface area contributed by atoms with Gasteiger partial charge in [0.05, 0.1) is 0 Å². The summed E-state index contributed by atoms with van der Waals surface area (Å²) >= 11 is 8.18. The molecule has 0 saturated carbocycles. The molecule has 0 unspecified atom stereocenters. The number of fused-ring (bicyclic) bond motifs is 1. The Morgan fingerprint density at radius 2 is 1.68 bits per heavy atom. The second-order valence-electron chi connectivity index (χ2n) is 10.2. The van der Waals surface area contributed by atoms with E-state index in [1.165, 1.54) is 18.4 Å². The molecule has 0 spiro atoms. The van der Waals surface area contributed by atoms with Crippen LogP contribution in [0.4, 0.5) is 11.6 Å². The number of piperidine rings is 1. The minimum absolute atomic E-state index is 0.177. The molecule has 0 aliphatic carbocycles. The fourth-order valence-electron chi connectivity index (χ4n) is 5.16. The summed E-state index contributed by atoms with van der Waals surface area (Å²) in [7, 11) is 3.91. The molecule has 0 amide bonds. The summed E-state index contributed by atoms with van der Waals surface area (Å²) < 4.78 is 1.55. The largest absolute Gasteiger partial charge is 0.324 e. The van der Waals surface area contributed by atoms with Crippen LogP contribution in [-0.4, -0.2) is 44.6 Å². The van der Waals surface area contributed by atoms with Crippen molar-refractivity contribution in [3.05, 3.63) is 86.7 Å². The number of benzene rings is 2. The van der Waals surface area contributed by atoms with Crippen LogP contribution >= 0.6 is 22.9 Å². The molecule has 0 radical (unpaired) electrons. The molecule has 2 aromatic carbocycles. The molecular weight excluding hydrogens is 552 g/mol. The van der Waals surface area contributed by atoms with Crippen molar-refractivity contribution in [2.24, 2.45) is 7.05 Å². The quantitative estimate of drug-likeness (QED) is 0.228. The Kier molecular flexibility index (Phi) is 8.82. The highest BCUT2D eigenvalue weighted by Crippen LogP contribution is 2.34. The first-order valence-corrected chi connectivity index (χ1v) is 15.2. The van der Waals surface area contributed by atoms with E-state index in [1.54, 1.807) is 29.1 Å². The monoisotopic (exact) mass is 586 g/mol. The van der Waals surface area contributed by atoms with Gasteiger partial charge in [0.1, 0.15) is 10.7 Å². The van der Waals surface area contributed by atoms with Crippen molar-refractivity contribution in [1.82, 2.24) is 24.4 Å². The smallest absolute Gasteiger partial charge is 0.259 e. The number of anilines is 2. The number of rotatable bonds is 5. The average Bonchev–Trinajstić information content (AvgIpc) is 3.43. The molecule has 212 valence electrons. The van der Waals surface area contributed by atoms with Crippen LogP contribution in [-0.2, 0) is 7.05 Å². The third-order valence-corrected chi connectivity index (χ3v) is 8.72. The standard InChI is InChI=1S/C30H29ClN6OS.C2H6/c1-18-16-32-28(39-18)21-6-9-26(31)24(14-21)25-15-22-17-33-30(35-27(22)37(3)29(25)38)34-23-7-4-19(5-8-23)20-10-12-36(2)13-11-20;1-2/h4-9,14-17,20H,10-13H2,1-3H3,(H,33,34,35);1-2H3. The van der Waals surface area contributed by atoms with Gasteiger partial charge in [-0.1, -0.05) is 43.6 Å². The van der Waals surface area contributed by atoms with Gasteiger partial charge in [0.15, 0.2) is 0 Å². The van der Waals surface area contributed by atoms with Crippen LogP contribution in [0.25, 0.3) is 32.7 Å². The molecule has 7 nitrogen and oxygen atoms in total. The molecule has 0 atom stereocenters. The summed E-state index contributed by atoms with van der Waals surface area (Å²) in [6.07, 6.45) is 5.96. The fourth-order valence-corrected chi connectivity index (χ4v) is 6.14. The van der Waals surface area contributed by atoms with E-state index in [0.717, 1.165) is 39.6 Å². The van der Waals surface area contributed by atoms with Crippen molar-refractivity contribution in [3.63, 3.8) is 0 Å². The van der Waals surface area contributed by atoms with E-state index in [0.29, 0.717) is 33.7 Å². The number of hydrogen-bond acceptors (Lipinski definition) is 7. The molecule has 4 heterocycles. The van der Waals surface area contributed by atoms with Gasteiger partial charge < -0.3 is 10.2 Å². The zero-order valence-electron chi connectivity index (χ0n) is 24.1. The van der Waals surface area contributed by atoms with Crippen molar-refractivity contribution >= 4 is 45.6 Å². The molecule has 1 saturated heterocycles. The molecule has 9 heteroatoms. The number of thiazole rings is 1. The van der Waals surface area contributed by atoms with E-state index in [2.05, 4.69) is 56.5 Å². The highest BCUT2D eigenvalue weighted by atomic mass is 35.5. The molecule has 5 aromatic rings. The maximum absolute atomic E-state index is 13.5. The summed E-state index contributed by atoms with van der Waals surface area (Å²) in [4.78, 5) is 30.7. The Morgan fingerprint density at radius 3 is 2.37 bits per heavy atom. The third kappa shape index (κ3) is 6.20. The van der Waals surface area contributed by atoms with Gasteiger partial charge in [0, 0.05) is 57.1 Å². The van der Waals surface area contributed by atoms with Gasteiger partial charge >= 0.3 is 0 Å². The van der Waals surface area contributed by atoms with Crippen LogP contribution in [0, 0.1) is 6.92 Å². The predicted molar refractivity (Wildman–Crippen MR) is 172 cm³/mol. The SMILES string of the molecule is CC.Cc1cnc(-c2ccc(Cl)c(-c3cc4cnc(Nc5ccc(C6CCN(C)CC6)cc5)nc4n(C)c3=O)c2)s1. The maximum Gasteiger partial charge on any atom is 0.259 e. The molecular formula is C32H35ClN6OS. The second-order valence-corrected chi connectivity index (χ2v) is 11.8. The van der Waals surface area contributed by atoms with Gasteiger partial charge in [-0.2, -0.15) is 4.98 Å². The zero-order valence-corrected chi connectivity index (χ0v) is 25.7. The van der Waals surface area contributed by atoms with E-state index < -0.39 is 0 Å². The van der Waals surface area contributed by atoms with Crippen molar-refractivity contribution < 1.29 is 0 Å². The normalized spacial score (nSPS) is 14.1. The lowest BCUT2D eigenvalue weighted by atomic mass is 9.89. The number of aromatic nitrogens is 4. The molecule has 0 bridgehead atoms. The number of likely N-dealkylation sites (tertiary alicyclic amines) is 1. The van der Waals surface area contributed by atoms with E-state index in [1.807, 2.05) is 51.2 Å². The van der Waals surface area contributed by atoms with Crippen LogP contribution < -0.4 is 10.9 Å². The first-order valence-electron chi connectivity index (χ1n) is 14.0. The van der Waals surface area contributed by atoms with E-state index in [4.69, 9.17) is 11.6 Å². The lowest BCUT2D eigenvalue weighted by Gasteiger charge is -2.29. The molecule has 41 heavy (non-hydrogen) atoms. The van der Waals surface area contributed by atoms with Crippen LogP contribution in [0.2, 0.25) is 5.02 Å². The zero-order chi connectivity index (χ0) is 29.1. The molecule has 1 N–H and O–H groups in total. The Morgan fingerprint density at radius 1 is 0.951 bits per heavy atom. The number of pyridine rings is 1. The summed E-state index contributed by atoms with van der Waals surface area (Å²) in [6, 6.07) is 16.0. The number of halogens is 1. The van der Waals surface area contributed by atoms with E-state index in [9.17, 15) is 4.79 Å². The molecule has 6 rings (SSSR count). The summed E-state index contributed by atoms with van der Waals surface area (Å²) in [6.45, 7) is 8.30. The van der Waals surface area contributed by atoms with Gasteiger partial charge in [-0.05, 0) is 81.7 Å². The van der Waals surface area contributed by atoms with Crippen LogP contribution in [0.5, 0.6) is 0 Å². The van der Waals surface area contributed by atoms with E-state index >= 15 is 0 Å². The summed E-state index contributed by atoms with van der Waals surface area (Å²) in [5.41, 5.74) is 4.74. The Hall–Kier alpha value is -3.59. The van der Waals surface area contributed by atoms with Crippen molar-refractivity contribution in [3.8, 4) is 21.7 Å². The van der Waals surface area contributed by atoms with Crippen LogP contribution in [0.3, 0.4) is 0 Å². The van der Waals surface area contributed by atoms with Crippen molar-refractivity contribution in [2.75, 3.05) is 25.5 Å². The van der Waals surface area contributed by atoms with Crippen molar-refractivity contribution in [2.45, 2.75) is 39.5 Å². The average molecular weight is 587 g/mol. The van der Waals surface area contributed by atoms with Crippen LogP contribution in [0.1, 0.15) is 43.0 Å². The van der Waals surface area contributed by atoms with Crippen molar-refractivity contribution in [1.29, 1.82) is 0 Å². The summed E-state index contributed by atoms with van der Waals surface area (Å²) in [5.74, 6) is 1.05. The minimum atomic E-state index is -0.177. The third-order valence-electron chi connectivity index (χ3n) is 7.43. The molecule has 1 aliphatic heterocycles. The van der Waals surface area contributed by atoms with Gasteiger partial charge in [0.25, 0.3) is 5.56 Å². The number of nitrogens with zero attached hydrogens (tertiary/aromatic N) is 5. The van der Waals surface area contributed by atoms with Crippen LogP contribution in [0.15, 0.2) is 65.7 Å². The topological polar surface area (TPSA) is 75.9 Å². The Labute approximate surface area is 249 Å². The molecule has 1 fully saturated rings. The molecule has 3 aromatic heterocycles. The minimum Gasteiger partial charge on any atom is -0.324 e. The van der Waals surface area contributed by atoms with Gasteiger partial charge in [-0.3, -0.25) is 9.36 Å². The number of aryl methyl sites for hydroxylation is 2. The first-order chi connectivity index (χ1) is 19.9. The fraction of sp³-hybridized carbons (Fsp3) is 0.312. The molecule has 1 aliphatic rings. The highest BCUT2D eigenvalue weighted by molar-refractivity contribution is 7.14. The van der Waals surface area contributed by atoms with Gasteiger partial charge in [-0.25, -0.2) is 9.97 Å². The number of nitrogens with one attached hydrogen (secondary N) is 1. The Bertz CT molecular complexity index is 1720. The second kappa shape index (κ2) is 12.5. The van der Waals surface area contributed by atoms with Gasteiger partial charge in [0.2, 0.25) is 5.95 Å². The van der Waals surface area contributed by atoms with E-state index in [-0.39, 0.29) is 5.56 Å². The van der Waals surface area contributed by atoms with Gasteiger partial charge in [-0.15, -0.1) is 11.3 Å².